The number of carbonyl (C=O) groups excluding carboxylic acids is 1. The number of rotatable bonds is 5. The van der Waals surface area contributed by atoms with Gasteiger partial charge in [0.25, 0.3) is 5.78 Å². The number of alkyl halides is 3. The second kappa shape index (κ2) is 7.50. The van der Waals surface area contributed by atoms with Crippen LogP contribution in [0.5, 0.6) is 0 Å². The number of ketones is 1. The molecule has 1 aromatic carbocycles. The first-order chi connectivity index (χ1) is 11.9. The van der Waals surface area contributed by atoms with E-state index in [-0.39, 0.29) is 5.92 Å². The third-order valence-corrected chi connectivity index (χ3v) is 5.60. The van der Waals surface area contributed by atoms with Gasteiger partial charge < -0.3 is 16.0 Å². The van der Waals surface area contributed by atoms with Gasteiger partial charge >= 0.3 is 6.18 Å². The summed E-state index contributed by atoms with van der Waals surface area (Å²) in [4.78, 5) is 14.0. The Labute approximate surface area is 163 Å². The van der Waals surface area contributed by atoms with Crippen molar-refractivity contribution >= 4 is 40.7 Å². The second-order valence-electron chi connectivity index (χ2n) is 6.16. The predicted molar refractivity (Wildman–Crippen MR) is 97.9 cm³/mol. The smallest absolute Gasteiger partial charge is 0.356 e. The van der Waals surface area contributed by atoms with Gasteiger partial charge in [-0.05, 0) is 24.1 Å². The van der Waals surface area contributed by atoms with Crippen LogP contribution in [0.3, 0.4) is 0 Å². The van der Waals surface area contributed by atoms with E-state index in [0.29, 0.717) is 25.7 Å². The van der Waals surface area contributed by atoms with E-state index < -0.39 is 24.2 Å². The molecule has 0 amide bonds. The Hall–Kier alpha value is -1.09. The molecule has 144 valence electrons. The minimum atomic E-state index is -5.03. The lowest BCUT2D eigenvalue weighted by atomic mass is 10.0. The molecule has 0 saturated heterocycles. The van der Waals surface area contributed by atoms with Gasteiger partial charge in [-0.25, -0.2) is 0 Å². The van der Waals surface area contributed by atoms with E-state index in [4.69, 9.17) is 28.9 Å². The Bertz CT molecular complexity index is 734. The fourth-order valence-corrected chi connectivity index (χ4v) is 4.59. The maximum absolute atomic E-state index is 13.2. The molecule has 1 aromatic rings. The van der Waals surface area contributed by atoms with Crippen LogP contribution in [0.2, 0.25) is 10.0 Å². The number of Topliss-reactive ketones (excluding diaryl/α,β-unsaturated/α-hetero) is 1. The highest BCUT2D eigenvalue weighted by Crippen LogP contribution is 2.43. The second-order valence-corrected chi connectivity index (χ2v) is 8.09. The van der Waals surface area contributed by atoms with Crippen LogP contribution in [0.4, 0.5) is 13.2 Å². The first-order valence-corrected chi connectivity index (χ1v) is 9.21. The number of carbonyl (C=O) groups is 1. The van der Waals surface area contributed by atoms with E-state index in [9.17, 15) is 18.0 Å². The Morgan fingerprint density at radius 3 is 2.27 bits per heavy atom. The molecule has 0 aliphatic carbocycles. The average molecular weight is 428 g/mol. The fourth-order valence-electron chi connectivity index (χ4n) is 2.65. The maximum Gasteiger partial charge on any atom is 0.454 e. The lowest BCUT2D eigenvalue weighted by Crippen LogP contribution is -2.65. The van der Waals surface area contributed by atoms with Crippen LogP contribution < -0.4 is 11.1 Å². The summed E-state index contributed by atoms with van der Waals surface area (Å²) in [5, 5.41) is 3.99. The standard InChI is InChI=1S/C16H18Cl2F3N3OS/c1-8(2)12-13(26-11-5-9(17)4-10(18)6-11)24(3)15(7-22,23-12)14(25)16(19,20)21/h4-6,8,23H,7,22H2,1-3H3. The summed E-state index contributed by atoms with van der Waals surface area (Å²) in [6.45, 7) is 3.08. The number of hydrogen-bond donors (Lipinski definition) is 2. The zero-order valence-corrected chi connectivity index (χ0v) is 16.6. The van der Waals surface area contributed by atoms with Gasteiger partial charge in [0.2, 0.25) is 0 Å². The number of likely N-dealkylation sites (N-methyl/N-ethyl adjacent to an activating group) is 1. The Kier molecular flexibility index (Phi) is 6.12. The zero-order chi connectivity index (χ0) is 19.9. The molecule has 2 rings (SSSR count). The van der Waals surface area contributed by atoms with E-state index in [1.807, 2.05) is 13.8 Å². The van der Waals surface area contributed by atoms with Crippen LogP contribution in [-0.4, -0.2) is 36.1 Å². The Morgan fingerprint density at radius 2 is 1.85 bits per heavy atom. The lowest BCUT2D eigenvalue weighted by molar-refractivity contribution is -0.182. The van der Waals surface area contributed by atoms with Crippen molar-refractivity contribution in [1.29, 1.82) is 0 Å². The summed E-state index contributed by atoms with van der Waals surface area (Å²) in [6, 6.07) is 4.84. The van der Waals surface area contributed by atoms with Crippen molar-refractivity contribution in [2.45, 2.75) is 30.6 Å². The van der Waals surface area contributed by atoms with Crippen molar-refractivity contribution < 1.29 is 18.0 Å². The average Bonchev–Trinajstić information content (AvgIpc) is 2.79. The summed E-state index contributed by atoms with van der Waals surface area (Å²) >= 11 is 13.2. The molecule has 0 bridgehead atoms. The summed E-state index contributed by atoms with van der Waals surface area (Å²) in [6.07, 6.45) is -5.03. The highest BCUT2D eigenvalue weighted by atomic mass is 35.5. The van der Waals surface area contributed by atoms with Gasteiger partial charge in [-0.2, -0.15) is 13.2 Å². The van der Waals surface area contributed by atoms with Gasteiger partial charge in [0.05, 0.1) is 5.03 Å². The van der Waals surface area contributed by atoms with E-state index in [0.717, 1.165) is 0 Å². The van der Waals surface area contributed by atoms with Crippen LogP contribution in [0.25, 0.3) is 0 Å². The molecule has 1 aliphatic heterocycles. The number of halogens is 5. The number of thioether (sulfide) groups is 1. The summed E-state index contributed by atoms with van der Waals surface area (Å²) < 4.78 is 39.5. The molecule has 0 spiro atoms. The Morgan fingerprint density at radius 1 is 1.31 bits per heavy atom. The van der Waals surface area contributed by atoms with Gasteiger partial charge in [-0.15, -0.1) is 0 Å². The van der Waals surface area contributed by atoms with Crippen molar-refractivity contribution in [3.8, 4) is 0 Å². The van der Waals surface area contributed by atoms with Crippen LogP contribution in [-0.2, 0) is 4.79 Å². The molecule has 0 aromatic heterocycles. The van der Waals surface area contributed by atoms with Crippen LogP contribution in [0.1, 0.15) is 13.8 Å². The monoisotopic (exact) mass is 427 g/mol. The molecule has 0 fully saturated rings. The van der Waals surface area contributed by atoms with E-state index in [2.05, 4.69) is 5.32 Å². The van der Waals surface area contributed by atoms with Gasteiger partial charge in [0.15, 0.2) is 5.66 Å². The first-order valence-electron chi connectivity index (χ1n) is 7.64. The molecule has 3 N–H and O–H groups in total. The molecular weight excluding hydrogens is 410 g/mol. The SMILES string of the molecule is CC(C)C1=C(Sc2cc(Cl)cc(Cl)c2)N(C)C(CN)(C(=O)C(F)(F)F)N1. The molecular formula is C16H18Cl2F3N3OS. The number of hydrogen-bond acceptors (Lipinski definition) is 5. The summed E-state index contributed by atoms with van der Waals surface area (Å²) in [5.41, 5.74) is 4.04. The highest BCUT2D eigenvalue weighted by Gasteiger charge is 2.58. The molecule has 1 heterocycles. The molecule has 10 heteroatoms. The third-order valence-electron chi connectivity index (χ3n) is 4.01. The van der Waals surface area contributed by atoms with Gasteiger partial charge in [-0.1, -0.05) is 48.8 Å². The topological polar surface area (TPSA) is 58.4 Å². The molecule has 1 unspecified atom stereocenters. The maximum atomic E-state index is 13.2. The van der Waals surface area contributed by atoms with Crippen LogP contribution >= 0.6 is 35.0 Å². The first kappa shape index (κ1) is 21.2. The van der Waals surface area contributed by atoms with Crippen molar-refractivity contribution in [1.82, 2.24) is 10.2 Å². The van der Waals surface area contributed by atoms with Crippen molar-refractivity contribution in [3.63, 3.8) is 0 Å². The van der Waals surface area contributed by atoms with E-state index in [1.165, 1.54) is 23.7 Å². The number of benzene rings is 1. The van der Waals surface area contributed by atoms with Crippen LogP contribution in [0.15, 0.2) is 33.8 Å². The minimum Gasteiger partial charge on any atom is -0.356 e. The fraction of sp³-hybridized carbons (Fsp3) is 0.438. The van der Waals surface area contributed by atoms with Crippen LogP contribution in [0, 0.1) is 5.92 Å². The Balaban J connectivity index is 2.48. The third kappa shape index (κ3) is 3.93. The van der Waals surface area contributed by atoms with Crippen molar-refractivity contribution in [3.05, 3.63) is 39.0 Å². The minimum absolute atomic E-state index is 0.163. The molecule has 4 nitrogen and oxygen atoms in total. The lowest BCUT2D eigenvalue weighted by Gasteiger charge is -2.36. The molecule has 0 radical (unpaired) electrons. The molecule has 1 atom stereocenters. The van der Waals surface area contributed by atoms with Crippen molar-refractivity contribution in [2.75, 3.05) is 13.6 Å². The van der Waals surface area contributed by atoms with E-state index in [1.54, 1.807) is 18.2 Å². The van der Waals surface area contributed by atoms with Gasteiger partial charge in [0.1, 0.15) is 0 Å². The number of allylic oxidation sites excluding steroid dienone is 1. The summed E-state index contributed by atoms with van der Waals surface area (Å²) in [5.74, 6) is -2.10. The number of nitrogens with two attached hydrogens (primary N) is 1. The van der Waals surface area contributed by atoms with Crippen molar-refractivity contribution in [2.24, 2.45) is 11.7 Å². The van der Waals surface area contributed by atoms with E-state index >= 15 is 0 Å². The molecule has 0 saturated carbocycles. The molecule has 26 heavy (non-hydrogen) atoms. The number of nitrogens with one attached hydrogen (secondary N) is 1. The quantitative estimate of drug-likeness (QED) is 0.735. The zero-order valence-electron chi connectivity index (χ0n) is 14.2. The largest absolute Gasteiger partial charge is 0.454 e. The molecule has 1 aliphatic rings. The van der Waals surface area contributed by atoms with Gasteiger partial charge in [0, 0.05) is 34.2 Å². The number of nitrogens with zero attached hydrogens (tertiary/aromatic N) is 1. The summed E-state index contributed by atoms with van der Waals surface area (Å²) in [7, 11) is 1.41. The predicted octanol–water partition coefficient (Wildman–Crippen LogP) is 4.23. The van der Waals surface area contributed by atoms with Gasteiger partial charge in [-0.3, -0.25) is 4.79 Å². The highest BCUT2D eigenvalue weighted by molar-refractivity contribution is 8.03. The normalized spacial score (nSPS) is 20.8.